The Morgan fingerprint density at radius 2 is 2.00 bits per heavy atom. The zero-order valence-corrected chi connectivity index (χ0v) is 14.5. The predicted octanol–water partition coefficient (Wildman–Crippen LogP) is 3.85. The Morgan fingerprint density at radius 1 is 1.22 bits per heavy atom. The van der Waals surface area contributed by atoms with Crippen molar-refractivity contribution in [3.63, 3.8) is 0 Å². The van der Waals surface area contributed by atoms with Gasteiger partial charge in [0.25, 0.3) is 11.6 Å². The Kier molecular flexibility index (Phi) is 5.18. The van der Waals surface area contributed by atoms with Gasteiger partial charge in [0.1, 0.15) is 11.5 Å². The van der Waals surface area contributed by atoms with E-state index >= 15 is 0 Å². The van der Waals surface area contributed by atoms with Crippen LogP contribution in [0.4, 0.5) is 11.4 Å². The largest absolute Gasteiger partial charge is 0.455 e. The minimum atomic E-state index is -0.530. The van der Waals surface area contributed by atoms with Crippen LogP contribution in [0, 0.1) is 10.1 Å². The number of carbonyl (C=O) groups excluding carboxylic acids is 1. The van der Waals surface area contributed by atoms with E-state index in [1.165, 1.54) is 24.4 Å². The summed E-state index contributed by atoms with van der Waals surface area (Å²) in [7, 11) is 0. The van der Waals surface area contributed by atoms with Gasteiger partial charge in [-0.1, -0.05) is 23.7 Å². The molecule has 0 radical (unpaired) electrons. The molecule has 2 aromatic carbocycles. The molecule has 0 saturated heterocycles. The molecule has 8 nitrogen and oxygen atoms in total. The van der Waals surface area contributed by atoms with E-state index in [1.807, 2.05) is 0 Å². The van der Waals surface area contributed by atoms with Gasteiger partial charge >= 0.3 is 0 Å². The van der Waals surface area contributed by atoms with E-state index in [-0.39, 0.29) is 10.7 Å². The molecule has 136 valence electrons. The van der Waals surface area contributed by atoms with Gasteiger partial charge in [-0.05, 0) is 30.3 Å². The Labute approximate surface area is 158 Å². The van der Waals surface area contributed by atoms with Crippen LogP contribution in [0.2, 0.25) is 5.02 Å². The zero-order valence-electron chi connectivity index (χ0n) is 13.8. The number of anilines is 1. The van der Waals surface area contributed by atoms with Gasteiger partial charge in [-0.15, -0.1) is 0 Å². The Hall–Kier alpha value is -3.65. The van der Waals surface area contributed by atoms with Gasteiger partial charge in [0.15, 0.2) is 0 Å². The number of nitrogens with two attached hydrogens (primary N) is 1. The number of rotatable bonds is 5. The molecule has 0 atom stereocenters. The molecule has 1 amide bonds. The lowest BCUT2D eigenvalue weighted by Crippen LogP contribution is -2.18. The molecule has 0 unspecified atom stereocenters. The van der Waals surface area contributed by atoms with Gasteiger partial charge in [0.2, 0.25) is 0 Å². The van der Waals surface area contributed by atoms with Crippen LogP contribution in [0.15, 0.2) is 64.1 Å². The number of hydrazone groups is 1. The third-order valence-electron chi connectivity index (χ3n) is 3.62. The van der Waals surface area contributed by atoms with Gasteiger partial charge in [0, 0.05) is 23.4 Å². The highest BCUT2D eigenvalue weighted by atomic mass is 35.5. The summed E-state index contributed by atoms with van der Waals surface area (Å²) in [6.45, 7) is 0. The standard InChI is InChI=1S/C18H13ClN4O4/c19-15-9-11(23(25)26)5-7-13(15)17-8-6-12(27-17)10-21-22-18(24)14-3-1-2-4-16(14)20/h1-10H,20H2,(H,22,24)/b21-10-. The number of carbonyl (C=O) groups is 1. The first kappa shape index (κ1) is 18.2. The second-order valence-corrected chi connectivity index (χ2v) is 5.82. The topological polar surface area (TPSA) is 124 Å². The van der Waals surface area contributed by atoms with E-state index in [9.17, 15) is 14.9 Å². The average Bonchev–Trinajstić information content (AvgIpc) is 3.10. The van der Waals surface area contributed by atoms with Crippen LogP contribution in [0.3, 0.4) is 0 Å². The number of furan rings is 1. The minimum absolute atomic E-state index is 0.111. The van der Waals surface area contributed by atoms with Crippen molar-refractivity contribution < 1.29 is 14.1 Å². The van der Waals surface area contributed by atoms with E-state index < -0.39 is 10.8 Å². The van der Waals surface area contributed by atoms with Gasteiger partial charge in [-0.3, -0.25) is 14.9 Å². The van der Waals surface area contributed by atoms with E-state index in [2.05, 4.69) is 10.5 Å². The molecule has 0 bridgehead atoms. The summed E-state index contributed by atoms with van der Waals surface area (Å²) in [5.74, 6) is 0.324. The molecule has 3 aromatic rings. The molecule has 0 aliphatic rings. The normalized spacial score (nSPS) is 10.9. The molecule has 27 heavy (non-hydrogen) atoms. The Balaban J connectivity index is 1.71. The first-order chi connectivity index (χ1) is 13.0. The summed E-state index contributed by atoms with van der Waals surface area (Å²) in [4.78, 5) is 22.2. The second-order valence-electron chi connectivity index (χ2n) is 5.41. The third kappa shape index (κ3) is 4.13. The predicted molar refractivity (Wildman–Crippen MR) is 102 cm³/mol. The van der Waals surface area contributed by atoms with Gasteiger partial charge in [-0.2, -0.15) is 5.10 Å². The van der Waals surface area contributed by atoms with Crippen molar-refractivity contribution in [3.05, 3.63) is 81.1 Å². The van der Waals surface area contributed by atoms with Crippen LogP contribution in [0.25, 0.3) is 11.3 Å². The smallest absolute Gasteiger partial charge is 0.273 e. The molecule has 3 N–H and O–H groups in total. The molecular weight excluding hydrogens is 372 g/mol. The van der Waals surface area contributed by atoms with Crippen LogP contribution in [0.1, 0.15) is 16.1 Å². The van der Waals surface area contributed by atoms with Crippen LogP contribution >= 0.6 is 11.6 Å². The van der Waals surface area contributed by atoms with Crippen molar-refractivity contribution in [2.45, 2.75) is 0 Å². The van der Waals surface area contributed by atoms with Crippen LogP contribution in [0.5, 0.6) is 0 Å². The Bertz CT molecular complexity index is 1050. The number of para-hydroxylation sites is 1. The zero-order chi connectivity index (χ0) is 19.4. The highest BCUT2D eigenvalue weighted by molar-refractivity contribution is 6.33. The summed E-state index contributed by atoms with van der Waals surface area (Å²) in [5.41, 5.74) is 9.14. The maximum Gasteiger partial charge on any atom is 0.273 e. The maximum absolute atomic E-state index is 12.0. The number of nitrogen functional groups attached to an aromatic ring is 1. The van der Waals surface area contributed by atoms with Crippen molar-refractivity contribution in [1.29, 1.82) is 0 Å². The lowest BCUT2D eigenvalue weighted by Gasteiger charge is -2.02. The molecule has 0 aliphatic carbocycles. The maximum atomic E-state index is 12.0. The van der Waals surface area contributed by atoms with Crippen molar-refractivity contribution in [2.24, 2.45) is 5.10 Å². The number of amides is 1. The lowest BCUT2D eigenvalue weighted by molar-refractivity contribution is -0.384. The number of nitro benzene ring substituents is 1. The van der Waals surface area contributed by atoms with E-state index in [0.717, 1.165) is 0 Å². The van der Waals surface area contributed by atoms with Crippen LogP contribution in [-0.2, 0) is 0 Å². The van der Waals surface area contributed by atoms with E-state index in [4.69, 9.17) is 21.8 Å². The average molecular weight is 385 g/mol. The first-order valence-corrected chi connectivity index (χ1v) is 8.05. The molecular formula is C18H13ClN4O4. The number of benzene rings is 2. The molecule has 3 rings (SSSR count). The number of halogens is 1. The summed E-state index contributed by atoms with van der Waals surface area (Å²) < 4.78 is 5.58. The van der Waals surface area contributed by atoms with Gasteiger partial charge in [0.05, 0.1) is 21.7 Å². The molecule has 0 aliphatic heterocycles. The summed E-state index contributed by atoms with van der Waals surface area (Å²) in [5, 5.41) is 14.8. The summed E-state index contributed by atoms with van der Waals surface area (Å²) in [6, 6.07) is 14.0. The molecule has 9 heteroatoms. The van der Waals surface area contributed by atoms with Crippen molar-refractivity contribution in [1.82, 2.24) is 5.43 Å². The molecule has 0 spiro atoms. The van der Waals surface area contributed by atoms with Gasteiger partial charge < -0.3 is 10.2 Å². The first-order valence-electron chi connectivity index (χ1n) is 7.68. The fraction of sp³-hybridized carbons (Fsp3) is 0. The fourth-order valence-electron chi connectivity index (χ4n) is 2.30. The quantitative estimate of drug-likeness (QED) is 0.299. The lowest BCUT2D eigenvalue weighted by atomic mass is 10.1. The SMILES string of the molecule is Nc1ccccc1C(=O)N/N=C\c1ccc(-c2ccc([N+](=O)[O-])cc2Cl)o1. The van der Waals surface area contributed by atoms with E-state index in [0.29, 0.717) is 28.3 Å². The number of nitrogens with one attached hydrogen (secondary N) is 1. The highest BCUT2D eigenvalue weighted by Crippen LogP contribution is 2.32. The number of non-ortho nitro benzene ring substituents is 1. The van der Waals surface area contributed by atoms with Crippen LogP contribution in [-0.4, -0.2) is 17.0 Å². The van der Waals surface area contributed by atoms with Gasteiger partial charge in [-0.25, -0.2) is 5.43 Å². The van der Waals surface area contributed by atoms with Crippen molar-refractivity contribution >= 4 is 35.1 Å². The second kappa shape index (κ2) is 7.71. The molecule has 0 fully saturated rings. The number of hydrogen-bond donors (Lipinski definition) is 2. The molecule has 1 heterocycles. The number of nitro groups is 1. The monoisotopic (exact) mass is 384 g/mol. The highest BCUT2D eigenvalue weighted by Gasteiger charge is 2.13. The number of hydrogen-bond acceptors (Lipinski definition) is 6. The number of nitrogens with zero attached hydrogens (tertiary/aromatic N) is 2. The minimum Gasteiger partial charge on any atom is -0.455 e. The Morgan fingerprint density at radius 3 is 2.70 bits per heavy atom. The van der Waals surface area contributed by atoms with Crippen molar-refractivity contribution in [3.8, 4) is 11.3 Å². The third-order valence-corrected chi connectivity index (χ3v) is 3.93. The summed E-state index contributed by atoms with van der Waals surface area (Å²) in [6.07, 6.45) is 1.32. The van der Waals surface area contributed by atoms with E-state index in [1.54, 1.807) is 36.4 Å². The summed E-state index contributed by atoms with van der Waals surface area (Å²) >= 11 is 6.08. The molecule has 0 saturated carbocycles. The van der Waals surface area contributed by atoms with Crippen LogP contribution < -0.4 is 11.2 Å². The fourth-order valence-corrected chi connectivity index (χ4v) is 2.57. The van der Waals surface area contributed by atoms with Crippen molar-refractivity contribution in [2.75, 3.05) is 5.73 Å². The molecule has 1 aromatic heterocycles.